The zero-order chi connectivity index (χ0) is 13.1. The summed E-state index contributed by atoms with van der Waals surface area (Å²) in [6.07, 6.45) is 0. The van der Waals surface area contributed by atoms with Crippen molar-refractivity contribution in [2.45, 2.75) is 20.4 Å². The molecule has 0 heterocycles. The number of hydrogen-bond donors (Lipinski definition) is 1. The molecule has 0 saturated carbocycles. The maximum atomic E-state index is 13.1. The van der Waals surface area contributed by atoms with Crippen LogP contribution in [0.25, 0.3) is 0 Å². The van der Waals surface area contributed by atoms with Crippen LogP contribution in [0, 0.1) is 11.2 Å². The lowest BCUT2D eigenvalue weighted by Crippen LogP contribution is -2.36. The molecule has 17 heavy (non-hydrogen) atoms. The minimum absolute atomic E-state index is 0.0779. The molecule has 0 amide bonds. The fraction of sp³-hybridized carbons (Fsp3) is 0.538. The van der Waals surface area contributed by atoms with Gasteiger partial charge in [0.1, 0.15) is 5.82 Å². The molecule has 0 aromatic heterocycles. The first-order valence-corrected chi connectivity index (χ1v) is 6.46. The van der Waals surface area contributed by atoms with Gasteiger partial charge in [-0.1, -0.05) is 29.8 Å². The van der Waals surface area contributed by atoms with Crippen molar-refractivity contribution in [2.75, 3.05) is 20.1 Å². The highest BCUT2D eigenvalue weighted by molar-refractivity contribution is 9.10. The molecule has 0 spiro atoms. The molecule has 0 atom stereocenters. The van der Waals surface area contributed by atoms with E-state index in [-0.39, 0.29) is 11.2 Å². The number of hydrogen-bond acceptors (Lipinski definition) is 2. The van der Waals surface area contributed by atoms with Gasteiger partial charge in [0.15, 0.2) is 0 Å². The van der Waals surface area contributed by atoms with Crippen molar-refractivity contribution in [3.05, 3.63) is 34.1 Å². The van der Waals surface area contributed by atoms with Gasteiger partial charge in [-0.25, -0.2) is 4.39 Å². The Balaban J connectivity index is 2.68. The van der Waals surface area contributed by atoms with Crippen LogP contribution in [0.2, 0.25) is 0 Å². The third kappa shape index (κ3) is 4.74. The van der Waals surface area contributed by atoms with E-state index in [1.807, 2.05) is 7.05 Å². The molecule has 0 aliphatic rings. The molecule has 1 rings (SSSR count). The van der Waals surface area contributed by atoms with Gasteiger partial charge >= 0.3 is 0 Å². The van der Waals surface area contributed by atoms with Gasteiger partial charge in [-0.15, -0.1) is 0 Å². The van der Waals surface area contributed by atoms with Gasteiger partial charge < -0.3 is 10.6 Å². The number of rotatable bonds is 5. The lowest BCUT2D eigenvalue weighted by molar-refractivity contribution is 0.209. The molecule has 1 aromatic carbocycles. The summed E-state index contributed by atoms with van der Waals surface area (Å²) >= 11 is 3.44. The van der Waals surface area contributed by atoms with E-state index in [9.17, 15) is 4.39 Å². The van der Waals surface area contributed by atoms with Crippen molar-refractivity contribution < 1.29 is 4.39 Å². The number of halogens is 2. The number of benzene rings is 1. The molecule has 2 N–H and O–H groups in total. The first-order chi connectivity index (χ1) is 7.84. The maximum absolute atomic E-state index is 13.1. The van der Waals surface area contributed by atoms with Crippen molar-refractivity contribution in [3.8, 4) is 0 Å². The summed E-state index contributed by atoms with van der Waals surface area (Å²) in [6, 6.07) is 4.76. The predicted octanol–water partition coefficient (Wildman–Crippen LogP) is 3.00. The Morgan fingerprint density at radius 1 is 1.41 bits per heavy atom. The average molecular weight is 303 g/mol. The van der Waals surface area contributed by atoms with Crippen molar-refractivity contribution in [2.24, 2.45) is 11.1 Å². The summed E-state index contributed by atoms with van der Waals surface area (Å²) in [6.45, 7) is 6.49. The molecule has 96 valence electrons. The van der Waals surface area contributed by atoms with E-state index < -0.39 is 0 Å². The lowest BCUT2D eigenvalue weighted by atomic mass is 9.93. The van der Waals surface area contributed by atoms with Gasteiger partial charge in [0.05, 0.1) is 0 Å². The normalized spacial score (nSPS) is 12.2. The van der Waals surface area contributed by atoms with Crippen molar-refractivity contribution in [1.29, 1.82) is 0 Å². The van der Waals surface area contributed by atoms with E-state index in [1.54, 1.807) is 12.1 Å². The molecular weight excluding hydrogens is 283 g/mol. The van der Waals surface area contributed by atoms with Crippen LogP contribution in [0.5, 0.6) is 0 Å². The van der Waals surface area contributed by atoms with Crippen LogP contribution in [0.15, 0.2) is 22.7 Å². The summed E-state index contributed by atoms with van der Waals surface area (Å²) in [4.78, 5) is 2.16. The van der Waals surface area contributed by atoms with Crippen LogP contribution >= 0.6 is 15.9 Å². The first-order valence-electron chi connectivity index (χ1n) is 5.66. The largest absolute Gasteiger partial charge is 0.330 e. The van der Waals surface area contributed by atoms with E-state index in [4.69, 9.17) is 5.73 Å². The SMILES string of the molecule is CN(Cc1cc(F)ccc1Br)CC(C)(C)CN. The lowest BCUT2D eigenvalue weighted by Gasteiger charge is -2.29. The Labute approximate surface area is 111 Å². The molecule has 0 fully saturated rings. The van der Waals surface area contributed by atoms with Crippen LogP contribution in [0.1, 0.15) is 19.4 Å². The molecular formula is C13H20BrFN2. The van der Waals surface area contributed by atoms with Crippen LogP contribution in [-0.4, -0.2) is 25.0 Å². The second-order valence-corrected chi connectivity index (χ2v) is 6.13. The maximum Gasteiger partial charge on any atom is 0.123 e. The zero-order valence-corrected chi connectivity index (χ0v) is 12.2. The van der Waals surface area contributed by atoms with Gasteiger partial charge in [0.2, 0.25) is 0 Å². The van der Waals surface area contributed by atoms with Gasteiger partial charge in [-0.3, -0.25) is 0 Å². The molecule has 0 aliphatic heterocycles. The van der Waals surface area contributed by atoms with Crippen molar-refractivity contribution in [3.63, 3.8) is 0 Å². The third-order valence-electron chi connectivity index (χ3n) is 2.70. The molecule has 2 nitrogen and oxygen atoms in total. The van der Waals surface area contributed by atoms with E-state index in [0.717, 1.165) is 16.6 Å². The van der Waals surface area contributed by atoms with E-state index >= 15 is 0 Å². The van der Waals surface area contributed by atoms with Crippen molar-refractivity contribution in [1.82, 2.24) is 4.90 Å². The molecule has 1 aromatic rings. The molecule has 0 radical (unpaired) electrons. The Hall–Kier alpha value is -0.450. The molecule has 4 heteroatoms. The number of nitrogens with zero attached hydrogens (tertiary/aromatic N) is 1. The average Bonchev–Trinajstić information content (AvgIpc) is 2.23. The standard InChI is InChI=1S/C13H20BrFN2/c1-13(2,8-16)9-17(3)7-10-6-11(15)4-5-12(10)14/h4-6H,7-9,16H2,1-3H3. The summed E-state index contributed by atoms with van der Waals surface area (Å²) in [7, 11) is 2.02. The zero-order valence-electron chi connectivity index (χ0n) is 10.6. The predicted molar refractivity (Wildman–Crippen MR) is 73.3 cm³/mol. The first kappa shape index (κ1) is 14.6. The molecule has 0 unspecified atom stereocenters. The van der Waals surface area contributed by atoms with Gasteiger partial charge in [0.25, 0.3) is 0 Å². The van der Waals surface area contributed by atoms with Crippen molar-refractivity contribution >= 4 is 15.9 Å². The van der Waals surface area contributed by atoms with Gasteiger partial charge in [-0.05, 0) is 42.8 Å². The van der Waals surface area contributed by atoms with Gasteiger partial charge in [0, 0.05) is 17.6 Å². The quantitative estimate of drug-likeness (QED) is 0.906. The molecule has 0 aliphatic carbocycles. The van der Waals surface area contributed by atoms with E-state index in [2.05, 4.69) is 34.7 Å². The highest BCUT2D eigenvalue weighted by atomic mass is 79.9. The Morgan fingerprint density at radius 3 is 2.65 bits per heavy atom. The summed E-state index contributed by atoms with van der Waals surface area (Å²) in [5.74, 6) is -0.199. The van der Waals surface area contributed by atoms with Gasteiger partial charge in [-0.2, -0.15) is 0 Å². The highest BCUT2D eigenvalue weighted by Gasteiger charge is 2.18. The second kappa shape index (κ2) is 5.94. The highest BCUT2D eigenvalue weighted by Crippen LogP contribution is 2.21. The monoisotopic (exact) mass is 302 g/mol. The fourth-order valence-corrected chi connectivity index (χ4v) is 2.18. The van der Waals surface area contributed by atoms with Crippen LogP contribution in [-0.2, 0) is 6.54 Å². The topological polar surface area (TPSA) is 29.3 Å². The Kier molecular flexibility index (Phi) is 5.10. The summed E-state index contributed by atoms with van der Waals surface area (Å²) in [5, 5.41) is 0. The minimum Gasteiger partial charge on any atom is -0.330 e. The molecule has 0 saturated heterocycles. The van der Waals surface area contributed by atoms with Crippen LogP contribution < -0.4 is 5.73 Å². The Morgan fingerprint density at radius 2 is 2.06 bits per heavy atom. The molecule has 0 bridgehead atoms. The van der Waals surface area contributed by atoms with Crippen LogP contribution in [0.4, 0.5) is 4.39 Å². The number of nitrogens with two attached hydrogens (primary N) is 1. The Bertz CT molecular complexity index is 380. The minimum atomic E-state index is -0.199. The smallest absolute Gasteiger partial charge is 0.123 e. The third-order valence-corrected chi connectivity index (χ3v) is 3.47. The summed E-state index contributed by atoms with van der Waals surface area (Å²) < 4.78 is 14.1. The fourth-order valence-electron chi connectivity index (χ4n) is 1.81. The van der Waals surface area contributed by atoms with E-state index in [0.29, 0.717) is 13.1 Å². The summed E-state index contributed by atoms with van der Waals surface area (Å²) in [5.41, 5.74) is 6.74. The van der Waals surface area contributed by atoms with E-state index in [1.165, 1.54) is 6.07 Å². The van der Waals surface area contributed by atoms with Crippen LogP contribution in [0.3, 0.4) is 0 Å². The second-order valence-electron chi connectivity index (χ2n) is 5.28.